The van der Waals surface area contributed by atoms with Gasteiger partial charge in [-0.2, -0.15) is 0 Å². The minimum absolute atomic E-state index is 0.171. The summed E-state index contributed by atoms with van der Waals surface area (Å²) in [6, 6.07) is 13.2. The van der Waals surface area contributed by atoms with Gasteiger partial charge in [-0.15, -0.1) is 0 Å². The molecule has 5 rings (SSSR count). The van der Waals surface area contributed by atoms with Crippen molar-refractivity contribution in [3.63, 3.8) is 0 Å². The van der Waals surface area contributed by atoms with Crippen LogP contribution in [-0.4, -0.2) is 46.5 Å². The van der Waals surface area contributed by atoms with Crippen LogP contribution in [0.3, 0.4) is 0 Å². The third-order valence-corrected chi connectivity index (χ3v) is 8.41. The summed E-state index contributed by atoms with van der Waals surface area (Å²) >= 11 is 1.23. The van der Waals surface area contributed by atoms with E-state index in [-0.39, 0.29) is 23.3 Å². The van der Waals surface area contributed by atoms with Crippen LogP contribution in [0.1, 0.15) is 59.7 Å². The van der Waals surface area contributed by atoms with Crippen LogP contribution in [0.5, 0.6) is 11.5 Å². The van der Waals surface area contributed by atoms with Crippen molar-refractivity contribution in [2.24, 2.45) is 4.99 Å². The maximum Gasteiger partial charge on any atom is 0.338 e. The number of allylic oxidation sites excluding steroid dienone is 1. The zero-order chi connectivity index (χ0) is 31.7. The van der Waals surface area contributed by atoms with Crippen molar-refractivity contribution in [3.05, 3.63) is 108 Å². The summed E-state index contributed by atoms with van der Waals surface area (Å²) in [7, 11) is 1.55. The van der Waals surface area contributed by atoms with Gasteiger partial charge in [0.1, 0.15) is 0 Å². The second-order valence-corrected chi connectivity index (χ2v) is 11.2. The molecule has 2 aromatic heterocycles. The van der Waals surface area contributed by atoms with Crippen molar-refractivity contribution >= 4 is 29.4 Å². The Morgan fingerprint density at radius 1 is 1.05 bits per heavy atom. The van der Waals surface area contributed by atoms with Crippen LogP contribution in [0.4, 0.5) is 0 Å². The van der Waals surface area contributed by atoms with E-state index in [9.17, 15) is 19.5 Å². The number of aromatic nitrogens is 2. The minimum Gasteiger partial charge on any atom is -0.493 e. The Hall–Kier alpha value is -4.90. The molecule has 0 spiro atoms. The number of esters is 1. The van der Waals surface area contributed by atoms with Gasteiger partial charge in [-0.1, -0.05) is 23.5 Å². The molecule has 10 nitrogen and oxygen atoms in total. The lowest BCUT2D eigenvalue weighted by molar-refractivity contribution is -0.139. The van der Waals surface area contributed by atoms with Gasteiger partial charge in [0, 0.05) is 17.1 Å². The van der Waals surface area contributed by atoms with E-state index in [1.54, 1.807) is 57.4 Å². The molecule has 1 aliphatic rings. The first kappa shape index (κ1) is 30.6. The second-order valence-electron chi connectivity index (χ2n) is 10.2. The van der Waals surface area contributed by atoms with Crippen LogP contribution in [0.2, 0.25) is 0 Å². The second kappa shape index (κ2) is 12.4. The average Bonchev–Trinajstić information content (AvgIpc) is 3.45. The number of carbonyl (C=O) groups excluding carboxylic acids is 1. The Kier molecular flexibility index (Phi) is 8.59. The number of aromatic carboxylic acids is 1. The molecule has 3 heterocycles. The zero-order valence-corrected chi connectivity index (χ0v) is 26.2. The Morgan fingerprint density at radius 2 is 1.82 bits per heavy atom. The third kappa shape index (κ3) is 5.46. The highest BCUT2D eigenvalue weighted by Crippen LogP contribution is 2.36. The van der Waals surface area contributed by atoms with Gasteiger partial charge in [0.25, 0.3) is 5.56 Å². The lowest BCUT2D eigenvalue weighted by Crippen LogP contribution is -2.40. The first-order chi connectivity index (χ1) is 21.1. The predicted octanol–water partition coefficient (Wildman–Crippen LogP) is 4.31. The molecule has 1 atom stereocenters. The normalized spacial score (nSPS) is 14.7. The molecular formula is C33H33N3O7S. The van der Waals surface area contributed by atoms with Crippen molar-refractivity contribution in [2.75, 3.05) is 20.3 Å². The summed E-state index contributed by atoms with van der Waals surface area (Å²) in [5.41, 5.74) is 4.49. The molecule has 0 unspecified atom stereocenters. The highest BCUT2D eigenvalue weighted by molar-refractivity contribution is 7.07. The number of hydrogen-bond donors (Lipinski definition) is 1. The SMILES string of the molecule is CCOC(=O)C1=C(C)N=c2s/c(=C/c3cc(C)n(-c4cccc(C(=O)O)c4)c3C)c(=O)n2[C@H]1c1ccc(OC)c(OCC)c1. The first-order valence-electron chi connectivity index (χ1n) is 14.1. The van der Waals surface area contributed by atoms with Crippen molar-refractivity contribution in [1.29, 1.82) is 0 Å². The van der Waals surface area contributed by atoms with Crippen LogP contribution in [0.15, 0.2) is 69.6 Å². The van der Waals surface area contributed by atoms with E-state index in [2.05, 4.69) is 4.99 Å². The van der Waals surface area contributed by atoms with E-state index >= 15 is 0 Å². The Labute approximate surface area is 257 Å². The Bertz CT molecular complexity index is 2000. The molecule has 0 saturated carbocycles. The molecular weight excluding hydrogens is 582 g/mol. The number of rotatable bonds is 9. The predicted molar refractivity (Wildman–Crippen MR) is 167 cm³/mol. The van der Waals surface area contributed by atoms with Gasteiger partial charge in [-0.25, -0.2) is 14.6 Å². The molecule has 0 saturated heterocycles. The Morgan fingerprint density at radius 3 is 2.50 bits per heavy atom. The largest absolute Gasteiger partial charge is 0.493 e. The van der Waals surface area contributed by atoms with Crippen molar-refractivity contribution < 1.29 is 28.9 Å². The number of carboxylic acids is 1. The molecule has 0 amide bonds. The topological polar surface area (TPSA) is 121 Å². The molecule has 1 N–H and O–H groups in total. The van der Waals surface area contributed by atoms with Gasteiger partial charge in [-0.3, -0.25) is 9.36 Å². The number of aryl methyl sites for hydroxylation is 1. The summed E-state index contributed by atoms with van der Waals surface area (Å²) in [5.74, 6) is -0.528. The highest BCUT2D eigenvalue weighted by Gasteiger charge is 2.34. The number of hydrogen-bond acceptors (Lipinski definition) is 8. The van der Waals surface area contributed by atoms with E-state index in [0.29, 0.717) is 44.4 Å². The fourth-order valence-corrected chi connectivity index (χ4v) is 6.53. The number of ether oxygens (including phenoxy) is 3. The molecule has 4 aromatic rings. The van der Waals surface area contributed by atoms with Crippen LogP contribution in [0, 0.1) is 13.8 Å². The van der Waals surface area contributed by atoms with Crippen molar-refractivity contribution in [3.8, 4) is 17.2 Å². The quantitative estimate of drug-likeness (QED) is 0.279. The number of fused-ring (bicyclic) bond motifs is 1. The Balaban J connectivity index is 1.69. The van der Waals surface area contributed by atoms with Crippen LogP contribution < -0.4 is 24.4 Å². The third-order valence-electron chi connectivity index (χ3n) is 7.43. The molecule has 0 radical (unpaired) electrons. The van der Waals surface area contributed by atoms with Crippen LogP contribution >= 0.6 is 11.3 Å². The van der Waals surface area contributed by atoms with Gasteiger partial charge in [-0.05, 0) is 88.2 Å². The molecule has 228 valence electrons. The average molecular weight is 616 g/mol. The van der Waals surface area contributed by atoms with E-state index in [4.69, 9.17) is 14.2 Å². The monoisotopic (exact) mass is 615 g/mol. The van der Waals surface area contributed by atoms with Gasteiger partial charge < -0.3 is 23.9 Å². The number of carbonyl (C=O) groups is 2. The highest BCUT2D eigenvalue weighted by atomic mass is 32.1. The first-order valence-corrected chi connectivity index (χ1v) is 14.9. The molecule has 0 aliphatic carbocycles. The molecule has 0 bridgehead atoms. The lowest BCUT2D eigenvalue weighted by atomic mass is 9.95. The zero-order valence-electron chi connectivity index (χ0n) is 25.3. The smallest absolute Gasteiger partial charge is 0.338 e. The molecule has 0 fully saturated rings. The summed E-state index contributed by atoms with van der Waals surface area (Å²) in [6.07, 6.45) is 1.81. The lowest BCUT2D eigenvalue weighted by Gasteiger charge is -2.25. The van der Waals surface area contributed by atoms with Gasteiger partial charge in [0.05, 0.1) is 47.7 Å². The molecule has 11 heteroatoms. The molecule has 44 heavy (non-hydrogen) atoms. The maximum absolute atomic E-state index is 14.1. The summed E-state index contributed by atoms with van der Waals surface area (Å²) in [6.45, 7) is 9.75. The van der Waals surface area contributed by atoms with Crippen molar-refractivity contribution in [1.82, 2.24) is 9.13 Å². The number of benzene rings is 2. The van der Waals surface area contributed by atoms with Crippen LogP contribution in [0.25, 0.3) is 11.8 Å². The van der Waals surface area contributed by atoms with E-state index in [1.807, 2.05) is 43.5 Å². The number of thiazole rings is 1. The minimum atomic E-state index is -1.01. The fraction of sp³-hybridized carbons (Fsp3) is 0.273. The van der Waals surface area contributed by atoms with Gasteiger partial charge in [0.2, 0.25) is 0 Å². The van der Waals surface area contributed by atoms with E-state index < -0.39 is 18.0 Å². The number of carboxylic acid groups (broad SMARTS) is 1. The van der Waals surface area contributed by atoms with Crippen molar-refractivity contribution in [2.45, 2.75) is 40.7 Å². The summed E-state index contributed by atoms with van der Waals surface area (Å²) in [5, 5.41) is 9.47. The standard InChI is InChI=1S/C33H33N3O7S/c1-7-42-26-16-21(12-13-25(26)41-6)29-28(32(40)43-8-2)19(4)34-33-36(29)30(37)27(44-33)17-23-14-18(3)35(20(23)5)24-11-9-10-22(15-24)31(38)39/h9-17,29H,7-8H2,1-6H3,(H,38,39)/b27-17+/t29-/m0/s1. The van der Waals surface area contributed by atoms with Gasteiger partial charge >= 0.3 is 11.9 Å². The fourth-order valence-electron chi connectivity index (χ4n) is 5.49. The number of methoxy groups -OCH3 is 1. The van der Waals surface area contributed by atoms with E-state index in [0.717, 1.165) is 17.0 Å². The summed E-state index contributed by atoms with van der Waals surface area (Å²) < 4.78 is 20.6. The number of nitrogens with zero attached hydrogens (tertiary/aromatic N) is 3. The molecule has 1 aliphatic heterocycles. The van der Waals surface area contributed by atoms with Crippen LogP contribution in [-0.2, 0) is 9.53 Å². The maximum atomic E-state index is 14.1. The summed E-state index contributed by atoms with van der Waals surface area (Å²) in [4.78, 5) is 44.1. The molecule has 2 aromatic carbocycles. The van der Waals surface area contributed by atoms with E-state index in [1.165, 1.54) is 15.9 Å². The van der Waals surface area contributed by atoms with Gasteiger partial charge in [0.15, 0.2) is 16.3 Å².